The Balaban J connectivity index is 3.33. The Labute approximate surface area is 107 Å². The Hall–Kier alpha value is -1.16. The minimum Gasteiger partial charge on any atom is -0.496 e. The Morgan fingerprint density at radius 2 is 1.94 bits per heavy atom. The summed E-state index contributed by atoms with van der Waals surface area (Å²) in [6, 6.07) is 3.25. The highest BCUT2D eigenvalue weighted by molar-refractivity contribution is 5.45. The number of alkyl halides is 2. The Morgan fingerprint density at radius 1 is 1.33 bits per heavy atom. The van der Waals surface area contributed by atoms with Gasteiger partial charge in [-0.15, -0.1) is 0 Å². The van der Waals surface area contributed by atoms with Crippen molar-refractivity contribution >= 4 is 0 Å². The van der Waals surface area contributed by atoms with Gasteiger partial charge in [0.05, 0.1) is 13.7 Å². The van der Waals surface area contributed by atoms with Gasteiger partial charge >= 0.3 is 0 Å². The summed E-state index contributed by atoms with van der Waals surface area (Å²) in [6.45, 7) is 5.25. The largest absolute Gasteiger partial charge is 0.496 e. The van der Waals surface area contributed by atoms with Crippen LogP contribution in [0.5, 0.6) is 5.75 Å². The lowest BCUT2D eigenvalue weighted by Gasteiger charge is -2.22. The summed E-state index contributed by atoms with van der Waals surface area (Å²) in [5, 5.41) is 2.53. The Morgan fingerprint density at radius 3 is 2.39 bits per heavy atom. The van der Waals surface area contributed by atoms with Crippen molar-refractivity contribution < 1.29 is 13.5 Å². The van der Waals surface area contributed by atoms with Crippen LogP contribution in [0.25, 0.3) is 0 Å². The molecular formula is C14H21F2NO. The predicted molar refractivity (Wildman–Crippen MR) is 69.6 cm³/mol. The molecule has 102 valence electrons. The van der Waals surface area contributed by atoms with Crippen LogP contribution in [0.4, 0.5) is 8.78 Å². The molecule has 0 spiro atoms. The monoisotopic (exact) mass is 257 g/mol. The minimum absolute atomic E-state index is 0.0707. The van der Waals surface area contributed by atoms with E-state index in [1.54, 1.807) is 26.2 Å². The second-order valence-electron chi connectivity index (χ2n) is 4.80. The van der Waals surface area contributed by atoms with Crippen LogP contribution in [0.15, 0.2) is 12.1 Å². The van der Waals surface area contributed by atoms with E-state index in [1.807, 2.05) is 13.8 Å². The van der Waals surface area contributed by atoms with Gasteiger partial charge in [0.15, 0.2) is 0 Å². The summed E-state index contributed by atoms with van der Waals surface area (Å²) in [4.78, 5) is 0. The highest BCUT2D eigenvalue weighted by atomic mass is 19.3. The van der Waals surface area contributed by atoms with Crippen LogP contribution in [0.1, 0.15) is 36.5 Å². The van der Waals surface area contributed by atoms with E-state index in [2.05, 4.69) is 5.32 Å². The van der Waals surface area contributed by atoms with Crippen LogP contribution in [0.2, 0.25) is 0 Å². The van der Waals surface area contributed by atoms with E-state index in [1.165, 1.54) is 7.05 Å². The zero-order valence-electron chi connectivity index (χ0n) is 11.6. The number of halogens is 2. The number of benzene rings is 1. The molecule has 0 aliphatic heterocycles. The van der Waals surface area contributed by atoms with Gasteiger partial charge in [0.25, 0.3) is 5.92 Å². The quantitative estimate of drug-likeness (QED) is 0.872. The highest BCUT2D eigenvalue weighted by Crippen LogP contribution is 2.36. The number of aryl methyl sites for hydroxylation is 1. The topological polar surface area (TPSA) is 21.3 Å². The lowest BCUT2D eigenvalue weighted by atomic mass is 9.93. The van der Waals surface area contributed by atoms with Gasteiger partial charge in [0.2, 0.25) is 0 Å². The first-order chi connectivity index (χ1) is 8.33. The first-order valence-corrected chi connectivity index (χ1v) is 6.05. The average Bonchev–Trinajstić information content (AvgIpc) is 2.27. The lowest BCUT2D eigenvalue weighted by molar-refractivity contribution is -0.00198. The number of ether oxygens (including phenoxy) is 1. The summed E-state index contributed by atoms with van der Waals surface area (Å²) in [6.07, 6.45) is 0. The zero-order valence-corrected chi connectivity index (χ0v) is 11.6. The van der Waals surface area contributed by atoms with E-state index in [-0.39, 0.29) is 18.0 Å². The number of likely N-dealkylation sites (N-methyl/N-ethyl adjacent to an activating group) is 1. The fourth-order valence-electron chi connectivity index (χ4n) is 2.04. The first kappa shape index (κ1) is 14.9. The SMILES string of the molecule is CNCC(F)(F)c1cc(C(C)C)c(OC)cc1C. The van der Waals surface area contributed by atoms with E-state index in [4.69, 9.17) is 4.74 Å². The molecule has 0 unspecified atom stereocenters. The summed E-state index contributed by atoms with van der Waals surface area (Å²) in [5.74, 6) is -2.05. The summed E-state index contributed by atoms with van der Waals surface area (Å²) < 4.78 is 33.2. The van der Waals surface area contributed by atoms with Crippen molar-refractivity contribution in [1.82, 2.24) is 5.32 Å². The van der Waals surface area contributed by atoms with Crippen molar-refractivity contribution in [1.29, 1.82) is 0 Å². The second-order valence-corrected chi connectivity index (χ2v) is 4.80. The Kier molecular flexibility index (Phi) is 4.68. The third-order valence-electron chi connectivity index (χ3n) is 2.99. The maximum absolute atomic E-state index is 14.0. The van der Waals surface area contributed by atoms with E-state index < -0.39 is 5.92 Å². The average molecular weight is 257 g/mol. The molecule has 0 aliphatic carbocycles. The molecule has 1 aromatic carbocycles. The van der Waals surface area contributed by atoms with Gasteiger partial charge in [-0.1, -0.05) is 13.8 Å². The van der Waals surface area contributed by atoms with Crippen LogP contribution < -0.4 is 10.1 Å². The maximum atomic E-state index is 14.0. The summed E-state index contributed by atoms with van der Waals surface area (Å²) >= 11 is 0. The van der Waals surface area contributed by atoms with Gasteiger partial charge in [0, 0.05) is 5.56 Å². The summed E-state index contributed by atoms with van der Waals surface area (Å²) in [5.41, 5.74) is 1.44. The van der Waals surface area contributed by atoms with Crippen molar-refractivity contribution in [3.8, 4) is 5.75 Å². The molecule has 4 heteroatoms. The normalized spacial score (nSPS) is 12.0. The number of methoxy groups -OCH3 is 1. The van der Waals surface area contributed by atoms with Gasteiger partial charge in [-0.05, 0) is 43.1 Å². The molecule has 1 aromatic rings. The molecule has 0 radical (unpaired) electrons. The van der Waals surface area contributed by atoms with Crippen molar-refractivity contribution in [2.75, 3.05) is 20.7 Å². The molecule has 0 heterocycles. The predicted octanol–water partition coefficient (Wildman–Crippen LogP) is 3.44. The van der Waals surface area contributed by atoms with Gasteiger partial charge in [-0.2, -0.15) is 8.78 Å². The molecule has 18 heavy (non-hydrogen) atoms. The minimum atomic E-state index is -2.87. The standard InChI is InChI=1S/C14H21F2NO/c1-9(2)11-7-12(14(15,16)8-17-4)10(3)6-13(11)18-5/h6-7,9,17H,8H2,1-5H3. The summed E-state index contributed by atoms with van der Waals surface area (Å²) in [7, 11) is 3.09. The third kappa shape index (κ3) is 2.99. The lowest BCUT2D eigenvalue weighted by Crippen LogP contribution is -2.29. The van der Waals surface area contributed by atoms with Gasteiger partial charge < -0.3 is 10.1 Å². The number of nitrogens with one attached hydrogen (secondary N) is 1. The smallest absolute Gasteiger partial charge is 0.285 e. The molecule has 2 nitrogen and oxygen atoms in total. The molecule has 0 saturated carbocycles. The van der Waals surface area contributed by atoms with Crippen LogP contribution in [-0.2, 0) is 5.92 Å². The van der Waals surface area contributed by atoms with Gasteiger partial charge in [0.1, 0.15) is 5.75 Å². The number of rotatable bonds is 5. The van der Waals surface area contributed by atoms with Crippen molar-refractivity contribution in [2.45, 2.75) is 32.6 Å². The molecule has 0 saturated heterocycles. The molecule has 0 fully saturated rings. The number of hydrogen-bond donors (Lipinski definition) is 1. The number of hydrogen-bond acceptors (Lipinski definition) is 2. The fourth-order valence-corrected chi connectivity index (χ4v) is 2.04. The molecule has 0 aliphatic rings. The van der Waals surface area contributed by atoms with Gasteiger partial charge in [-0.25, -0.2) is 0 Å². The molecule has 0 amide bonds. The molecule has 0 bridgehead atoms. The maximum Gasteiger partial charge on any atom is 0.285 e. The molecular weight excluding hydrogens is 236 g/mol. The van der Waals surface area contributed by atoms with Crippen molar-refractivity contribution in [3.05, 3.63) is 28.8 Å². The van der Waals surface area contributed by atoms with Crippen molar-refractivity contribution in [3.63, 3.8) is 0 Å². The van der Waals surface area contributed by atoms with Crippen LogP contribution in [0, 0.1) is 6.92 Å². The molecule has 1 rings (SSSR count). The Bertz CT molecular complexity index is 417. The van der Waals surface area contributed by atoms with Crippen LogP contribution >= 0.6 is 0 Å². The third-order valence-corrected chi connectivity index (χ3v) is 2.99. The van der Waals surface area contributed by atoms with Crippen LogP contribution in [-0.4, -0.2) is 20.7 Å². The van der Waals surface area contributed by atoms with E-state index in [0.29, 0.717) is 11.3 Å². The van der Waals surface area contributed by atoms with E-state index in [0.717, 1.165) is 5.56 Å². The van der Waals surface area contributed by atoms with Crippen molar-refractivity contribution in [2.24, 2.45) is 0 Å². The fraction of sp³-hybridized carbons (Fsp3) is 0.571. The molecule has 1 N–H and O–H groups in total. The molecule has 0 aromatic heterocycles. The van der Waals surface area contributed by atoms with E-state index >= 15 is 0 Å². The van der Waals surface area contributed by atoms with E-state index in [9.17, 15) is 8.78 Å². The molecule has 0 atom stereocenters. The first-order valence-electron chi connectivity index (χ1n) is 6.05. The van der Waals surface area contributed by atoms with Crippen LogP contribution in [0.3, 0.4) is 0 Å². The second kappa shape index (κ2) is 5.65. The zero-order chi connectivity index (χ0) is 13.9. The van der Waals surface area contributed by atoms with Gasteiger partial charge in [-0.3, -0.25) is 0 Å². The highest BCUT2D eigenvalue weighted by Gasteiger charge is 2.33.